The number of anilines is 1. The summed E-state index contributed by atoms with van der Waals surface area (Å²) in [5.41, 5.74) is 4.00. The van der Waals surface area contributed by atoms with Gasteiger partial charge in [0.25, 0.3) is 5.91 Å². The van der Waals surface area contributed by atoms with E-state index in [1.807, 2.05) is 0 Å². The van der Waals surface area contributed by atoms with Gasteiger partial charge in [-0.05, 0) is 25.7 Å². The van der Waals surface area contributed by atoms with E-state index in [-0.39, 0.29) is 17.7 Å². The topological polar surface area (TPSA) is 134 Å². The van der Waals surface area contributed by atoms with Crippen molar-refractivity contribution in [3.05, 3.63) is 5.82 Å². The van der Waals surface area contributed by atoms with Gasteiger partial charge in [0.1, 0.15) is 5.54 Å². The fourth-order valence-electron chi connectivity index (χ4n) is 1.66. The van der Waals surface area contributed by atoms with Gasteiger partial charge in [-0.3, -0.25) is 9.89 Å². The minimum atomic E-state index is -1.27. The zero-order chi connectivity index (χ0) is 12.6. The zero-order valence-corrected chi connectivity index (χ0v) is 9.23. The number of aliphatic carboxylic acids is 1. The van der Waals surface area contributed by atoms with Crippen LogP contribution in [-0.2, 0) is 4.79 Å². The number of amides is 1. The first-order valence-corrected chi connectivity index (χ1v) is 5.17. The molecule has 1 atom stereocenters. The highest BCUT2D eigenvalue weighted by Gasteiger charge is 2.48. The second kappa shape index (κ2) is 3.72. The summed E-state index contributed by atoms with van der Waals surface area (Å²) in [5, 5.41) is 17.5. The third-order valence-corrected chi connectivity index (χ3v) is 2.93. The van der Waals surface area contributed by atoms with Crippen LogP contribution < -0.4 is 11.1 Å². The number of nitrogens with one attached hydrogen (secondary N) is 2. The molecule has 1 aromatic heterocycles. The van der Waals surface area contributed by atoms with Gasteiger partial charge in [0.05, 0.1) is 0 Å². The first kappa shape index (κ1) is 11.4. The number of hydrogen-bond donors (Lipinski definition) is 4. The Morgan fingerprint density at radius 1 is 1.59 bits per heavy atom. The van der Waals surface area contributed by atoms with Gasteiger partial charge in [-0.2, -0.15) is 4.98 Å². The van der Waals surface area contributed by atoms with Gasteiger partial charge in [-0.15, -0.1) is 5.10 Å². The maximum Gasteiger partial charge on any atom is 0.329 e. The Morgan fingerprint density at radius 3 is 2.65 bits per heavy atom. The third-order valence-electron chi connectivity index (χ3n) is 2.93. The van der Waals surface area contributed by atoms with Crippen molar-refractivity contribution in [1.82, 2.24) is 20.5 Å². The molecular formula is C9H13N5O3. The van der Waals surface area contributed by atoms with Gasteiger partial charge in [-0.25, -0.2) is 4.79 Å². The molecule has 0 aliphatic heterocycles. The van der Waals surface area contributed by atoms with Crippen molar-refractivity contribution in [2.24, 2.45) is 5.92 Å². The molecule has 1 aliphatic rings. The number of hydrogen-bond acceptors (Lipinski definition) is 5. The predicted molar refractivity (Wildman–Crippen MR) is 57.0 cm³/mol. The molecule has 1 heterocycles. The number of carbonyl (C=O) groups excluding carboxylic acids is 1. The van der Waals surface area contributed by atoms with Crippen LogP contribution in [-0.4, -0.2) is 37.7 Å². The molecule has 1 amide bonds. The molecule has 5 N–H and O–H groups in total. The van der Waals surface area contributed by atoms with Crippen molar-refractivity contribution in [1.29, 1.82) is 0 Å². The van der Waals surface area contributed by atoms with Crippen molar-refractivity contribution in [3.8, 4) is 0 Å². The first-order valence-electron chi connectivity index (χ1n) is 5.17. The highest BCUT2D eigenvalue weighted by Crippen LogP contribution is 2.39. The maximum absolute atomic E-state index is 11.7. The molecule has 1 saturated carbocycles. The average Bonchev–Trinajstić information content (AvgIpc) is 3.01. The molecule has 0 bridgehead atoms. The summed E-state index contributed by atoms with van der Waals surface area (Å²) in [6, 6.07) is 0. The Bertz CT molecular complexity index is 467. The van der Waals surface area contributed by atoms with Crippen LogP contribution in [0.5, 0.6) is 0 Å². The summed E-state index contributed by atoms with van der Waals surface area (Å²) in [7, 11) is 0. The van der Waals surface area contributed by atoms with Gasteiger partial charge < -0.3 is 16.2 Å². The summed E-state index contributed by atoms with van der Waals surface area (Å²) in [4.78, 5) is 26.6. The second-order valence-corrected chi connectivity index (χ2v) is 4.28. The van der Waals surface area contributed by atoms with Crippen LogP contribution in [0.4, 0.5) is 5.95 Å². The van der Waals surface area contributed by atoms with Crippen LogP contribution in [0.1, 0.15) is 30.4 Å². The largest absolute Gasteiger partial charge is 0.480 e. The molecule has 92 valence electrons. The number of carboxylic acid groups (broad SMARTS) is 1. The first-order chi connectivity index (χ1) is 7.93. The van der Waals surface area contributed by atoms with Crippen molar-refractivity contribution < 1.29 is 14.7 Å². The number of H-pyrrole nitrogens is 1. The number of carboxylic acids is 1. The monoisotopic (exact) mass is 239 g/mol. The quantitative estimate of drug-likeness (QED) is 0.552. The van der Waals surface area contributed by atoms with E-state index in [1.54, 1.807) is 0 Å². The fourth-order valence-corrected chi connectivity index (χ4v) is 1.66. The molecular weight excluding hydrogens is 226 g/mol. The van der Waals surface area contributed by atoms with E-state index in [4.69, 9.17) is 10.8 Å². The molecule has 0 spiro atoms. The molecule has 1 unspecified atom stereocenters. The molecule has 17 heavy (non-hydrogen) atoms. The van der Waals surface area contributed by atoms with E-state index < -0.39 is 17.4 Å². The Morgan fingerprint density at radius 2 is 2.24 bits per heavy atom. The lowest BCUT2D eigenvalue weighted by Crippen LogP contribution is -2.54. The highest BCUT2D eigenvalue weighted by atomic mass is 16.4. The lowest BCUT2D eigenvalue weighted by atomic mass is 9.96. The van der Waals surface area contributed by atoms with Gasteiger partial charge in [0, 0.05) is 0 Å². The average molecular weight is 239 g/mol. The van der Waals surface area contributed by atoms with E-state index >= 15 is 0 Å². The molecule has 0 saturated heterocycles. The minimum Gasteiger partial charge on any atom is -0.480 e. The Hall–Kier alpha value is -2.12. The van der Waals surface area contributed by atoms with Gasteiger partial charge in [-0.1, -0.05) is 0 Å². The van der Waals surface area contributed by atoms with Crippen LogP contribution in [0.2, 0.25) is 0 Å². The van der Waals surface area contributed by atoms with Gasteiger partial charge in [0.2, 0.25) is 11.8 Å². The molecule has 1 fully saturated rings. The van der Waals surface area contributed by atoms with Gasteiger partial charge >= 0.3 is 5.97 Å². The van der Waals surface area contributed by atoms with Crippen LogP contribution in [0.3, 0.4) is 0 Å². The summed E-state index contributed by atoms with van der Waals surface area (Å²) in [6.45, 7) is 1.49. The van der Waals surface area contributed by atoms with E-state index in [2.05, 4.69) is 20.5 Å². The van der Waals surface area contributed by atoms with Crippen molar-refractivity contribution >= 4 is 17.8 Å². The summed E-state index contributed by atoms with van der Waals surface area (Å²) in [5.74, 6) is -1.86. The van der Waals surface area contributed by atoms with E-state index in [9.17, 15) is 9.59 Å². The number of carbonyl (C=O) groups is 2. The van der Waals surface area contributed by atoms with Crippen LogP contribution in [0.15, 0.2) is 0 Å². The molecule has 0 radical (unpaired) electrons. The highest BCUT2D eigenvalue weighted by molar-refractivity contribution is 5.95. The molecule has 1 aliphatic carbocycles. The number of aromatic nitrogens is 3. The van der Waals surface area contributed by atoms with E-state index in [0.717, 1.165) is 12.8 Å². The number of nitrogens with two attached hydrogens (primary N) is 1. The number of rotatable bonds is 4. The lowest BCUT2D eigenvalue weighted by molar-refractivity contribution is -0.144. The van der Waals surface area contributed by atoms with E-state index in [1.165, 1.54) is 6.92 Å². The normalized spacial score (nSPS) is 18.4. The standard InChI is InChI=1S/C9H13N5O3/c1-9(7(16)17,4-2-3-4)12-6(15)5-11-8(10)14-13-5/h4H,2-3H2,1H3,(H,12,15)(H,16,17)(H3,10,11,13,14). The summed E-state index contributed by atoms with van der Waals surface area (Å²) in [6.07, 6.45) is 1.59. The van der Waals surface area contributed by atoms with Crippen LogP contribution >= 0.6 is 0 Å². The molecule has 2 rings (SSSR count). The Labute approximate surface area is 96.6 Å². The summed E-state index contributed by atoms with van der Waals surface area (Å²) >= 11 is 0. The number of nitrogen functional groups attached to an aromatic ring is 1. The van der Waals surface area contributed by atoms with E-state index in [0.29, 0.717) is 0 Å². The van der Waals surface area contributed by atoms with Crippen molar-refractivity contribution in [2.75, 3.05) is 5.73 Å². The lowest BCUT2D eigenvalue weighted by Gasteiger charge is -2.25. The molecule has 8 nitrogen and oxygen atoms in total. The SMILES string of the molecule is CC(NC(=O)c1nc(N)n[nH]1)(C(=O)O)C1CC1. The molecule has 0 aromatic carbocycles. The predicted octanol–water partition coefficient (Wildman–Crippen LogP) is -0.630. The minimum absolute atomic E-state index is 0.0378. The van der Waals surface area contributed by atoms with Crippen molar-refractivity contribution in [3.63, 3.8) is 0 Å². The number of nitrogens with zero attached hydrogens (tertiary/aromatic N) is 2. The third kappa shape index (κ3) is 2.05. The van der Waals surface area contributed by atoms with Crippen LogP contribution in [0, 0.1) is 5.92 Å². The Kier molecular flexibility index (Phi) is 2.49. The fraction of sp³-hybridized carbons (Fsp3) is 0.556. The molecule has 8 heteroatoms. The van der Waals surface area contributed by atoms with Crippen molar-refractivity contribution in [2.45, 2.75) is 25.3 Å². The smallest absolute Gasteiger partial charge is 0.329 e. The van der Waals surface area contributed by atoms with Gasteiger partial charge in [0.15, 0.2) is 0 Å². The Balaban J connectivity index is 2.14. The zero-order valence-electron chi connectivity index (χ0n) is 9.23. The molecule has 1 aromatic rings. The van der Waals surface area contributed by atoms with Crippen LogP contribution in [0.25, 0.3) is 0 Å². The second-order valence-electron chi connectivity index (χ2n) is 4.28. The number of aromatic amines is 1. The summed E-state index contributed by atoms with van der Waals surface area (Å²) < 4.78 is 0. The maximum atomic E-state index is 11.7.